The highest BCUT2D eigenvalue weighted by molar-refractivity contribution is 5.83. The van der Waals surface area contributed by atoms with Crippen LogP contribution in [0.4, 0.5) is 4.79 Å². The van der Waals surface area contributed by atoms with E-state index in [0.717, 1.165) is 24.8 Å². The lowest BCUT2D eigenvalue weighted by Crippen LogP contribution is -2.43. The summed E-state index contributed by atoms with van der Waals surface area (Å²) in [6.45, 7) is 2.12. The zero-order chi connectivity index (χ0) is 17.4. The number of carbonyl (C=O) groups is 2. The quantitative estimate of drug-likeness (QED) is 0.904. The normalized spacial score (nSPS) is 31.8. The Morgan fingerprint density at radius 2 is 2.08 bits per heavy atom. The molecule has 6 heteroatoms. The predicted octanol–water partition coefficient (Wildman–Crippen LogP) is 1.58. The van der Waals surface area contributed by atoms with Gasteiger partial charge in [0.25, 0.3) is 0 Å². The number of ether oxygens (including phenoxy) is 1. The van der Waals surface area contributed by atoms with Crippen LogP contribution in [0.5, 0.6) is 0 Å². The molecule has 1 saturated carbocycles. The molecule has 3 atom stereocenters. The van der Waals surface area contributed by atoms with Crippen LogP contribution in [0.1, 0.15) is 24.8 Å². The molecule has 25 heavy (non-hydrogen) atoms. The second-order valence-electron chi connectivity index (χ2n) is 7.38. The summed E-state index contributed by atoms with van der Waals surface area (Å²) < 4.78 is 4.89. The van der Waals surface area contributed by atoms with Crippen molar-refractivity contribution in [3.05, 3.63) is 35.9 Å². The first-order chi connectivity index (χ1) is 12.1. The fourth-order valence-corrected chi connectivity index (χ4v) is 4.65. The maximum atomic E-state index is 12.6. The van der Waals surface area contributed by atoms with Gasteiger partial charge in [-0.05, 0) is 30.7 Å². The van der Waals surface area contributed by atoms with Crippen molar-refractivity contribution in [2.45, 2.75) is 24.9 Å². The number of fused-ring (bicyclic) bond motifs is 1. The third-order valence-electron chi connectivity index (χ3n) is 5.98. The zero-order valence-corrected chi connectivity index (χ0v) is 14.3. The minimum atomic E-state index is -0.869. The van der Waals surface area contributed by atoms with Crippen molar-refractivity contribution >= 4 is 12.0 Å². The average molecular weight is 344 g/mol. The summed E-state index contributed by atoms with van der Waals surface area (Å²) in [5.74, 6) is 0.315. The van der Waals surface area contributed by atoms with E-state index >= 15 is 0 Å². The molecule has 1 N–H and O–H groups in total. The number of aliphatic hydroxyl groups is 1. The summed E-state index contributed by atoms with van der Waals surface area (Å²) in [5, 5.41) is 11.4. The molecule has 2 amide bonds. The van der Waals surface area contributed by atoms with Crippen molar-refractivity contribution in [1.82, 2.24) is 9.80 Å². The van der Waals surface area contributed by atoms with Crippen LogP contribution in [0.3, 0.4) is 0 Å². The van der Waals surface area contributed by atoms with E-state index in [1.165, 1.54) is 4.90 Å². The molecule has 1 aromatic rings. The first-order valence-electron chi connectivity index (χ1n) is 9.05. The van der Waals surface area contributed by atoms with Crippen LogP contribution in [0.25, 0.3) is 0 Å². The molecule has 2 aliphatic heterocycles. The van der Waals surface area contributed by atoms with Crippen LogP contribution in [0, 0.1) is 11.8 Å². The number of hydrogen-bond donors (Lipinski definition) is 1. The first-order valence-corrected chi connectivity index (χ1v) is 9.05. The molecule has 2 saturated heterocycles. The fraction of sp³-hybridized carbons (Fsp3) is 0.579. The second kappa shape index (κ2) is 6.33. The van der Waals surface area contributed by atoms with Crippen LogP contribution < -0.4 is 0 Å². The monoisotopic (exact) mass is 344 g/mol. The molecule has 3 aliphatic rings. The van der Waals surface area contributed by atoms with E-state index in [2.05, 4.69) is 0 Å². The Morgan fingerprint density at radius 1 is 1.28 bits per heavy atom. The van der Waals surface area contributed by atoms with Crippen LogP contribution in [-0.4, -0.2) is 59.7 Å². The highest BCUT2D eigenvalue weighted by Gasteiger charge is 2.50. The third-order valence-corrected chi connectivity index (χ3v) is 5.98. The van der Waals surface area contributed by atoms with E-state index in [-0.39, 0.29) is 18.4 Å². The number of carbonyl (C=O) groups excluding carboxylic acids is 2. The van der Waals surface area contributed by atoms with Gasteiger partial charge in [0.15, 0.2) is 0 Å². The van der Waals surface area contributed by atoms with Gasteiger partial charge in [-0.15, -0.1) is 0 Å². The van der Waals surface area contributed by atoms with Gasteiger partial charge >= 0.3 is 6.09 Å². The first kappa shape index (κ1) is 16.4. The minimum absolute atomic E-state index is 0.0522. The van der Waals surface area contributed by atoms with E-state index in [1.54, 1.807) is 0 Å². The Kier molecular flexibility index (Phi) is 4.15. The van der Waals surface area contributed by atoms with Gasteiger partial charge in [0.05, 0.1) is 12.1 Å². The summed E-state index contributed by atoms with van der Waals surface area (Å²) >= 11 is 0. The van der Waals surface area contributed by atoms with Crippen LogP contribution >= 0.6 is 0 Å². The number of likely N-dealkylation sites (tertiary alicyclic amines) is 1. The van der Waals surface area contributed by atoms with Crippen molar-refractivity contribution < 1.29 is 19.4 Å². The molecular formula is C19H24N2O4. The number of benzene rings is 1. The molecule has 1 aliphatic carbocycles. The highest BCUT2D eigenvalue weighted by Crippen LogP contribution is 2.48. The minimum Gasteiger partial charge on any atom is -0.448 e. The standard InChI is InChI=1S/C19H24N2O4/c22-17(13-20-9-10-25-18(20)23)21-11-14-5-4-8-19(24,16(14)12-21)15-6-2-1-3-7-15/h1-3,6-7,14,16,24H,4-5,8-13H2/t14-,16+,19+/m1/s1. The van der Waals surface area contributed by atoms with Crippen LogP contribution in [0.2, 0.25) is 0 Å². The van der Waals surface area contributed by atoms with Gasteiger partial charge in [-0.25, -0.2) is 4.79 Å². The summed E-state index contributed by atoms with van der Waals surface area (Å²) in [6, 6.07) is 9.81. The van der Waals surface area contributed by atoms with Crippen molar-refractivity contribution in [3.63, 3.8) is 0 Å². The van der Waals surface area contributed by atoms with Gasteiger partial charge in [0.2, 0.25) is 5.91 Å². The number of rotatable bonds is 3. The number of nitrogens with zero attached hydrogens (tertiary/aromatic N) is 2. The maximum Gasteiger partial charge on any atom is 0.410 e. The molecule has 6 nitrogen and oxygen atoms in total. The van der Waals surface area contributed by atoms with E-state index in [9.17, 15) is 14.7 Å². The molecular weight excluding hydrogens is 320 g/mol. The molecule has 0 radical (unpaired) electrons. The molecule has 4 rings (SSSR count). The molecule has 0 spiro atoms. The number of amides is 2. The van der Waals surface area contributed by atoms with Gasteiger partial charge in [-0.1, -0.05) is 30.3 Å². The zero-order valence-electron chi connectivity index (χ0n) is 14.3. The Bertz CT molecular complexity index is 665. The number of hydrogen-bond acceptors (Lipinski definition) is 4. The smallest absolute Gasteiger partial charge is 0.410 e. The van der Waals surface area contributed by atoms with E-state index in [1.807, 2.05) is 35.2 Å². The van der Waals surface area contributed by atoms with Gasteiger partial charge < -0.3 is 14.7 Å². The molecule has 134 valence electrons. The van der Waals surface area contributed by atoms with Crippen LogP contribution in [0.15, 0.2) is 30.3 Å². The Morgan fingerprint density at radius 3 is 2.80 bits per heavy atom. The van der Waals surface area contributed by atoms with Gasteiger partial charge in [0, 0.05) is 19.0 Å². The number of cyclic esters (lactones) is 1. The Balaban J connectivity index is 1.49. The summed E-state index contributed by atoms with van der Waals surface area (Å²) in [7, 11) is 0. The SMILES string of the molecule is O=C(CN1CCOC1=O)N1C[C@H]2CCC[C@](O)(c3ccccc3)[C@H]2C1. The summed E-state index contributed by atoms with van der Waals surface area (Å²) in [5.41, 5.74) is 0.0771. The van der Waals surface area contributed by atoms with Gasteiger partial charge in [0.1, 0.15) is 13.2 Å². The fourth-order valence-electron chi connectivity index (χ4n) is 4.65. The lowest BCUT2D eigenvalue weighted by molar-refractivity contribution is -0.131. The maximum absolute atomic E-state index is 12.6. The van der Waals surface area contributed by atoms with E-state index in [4.69, 9.17) is 4.74 Å². The second-order valence-corrected chi connectivity index (χ2v) is 7.38. The predicted molar refractivity (Wildman–Crippen MR) is 90.7 cm³/mol. The Labute approximate surface area is 147 Å². The summed E-state index contributed by atoms with van der Waals surface area (Å²) in [6.07, 6.45) is 2.33. The highest BCUT2D eigenvalue weighted by atomic mass is 16.6. The Hall–Kier alpha value is -2.08. The largest absolute Gasteiger partial charge is 0.448 e. The van der Waals surface area contributed by atoms with Gasteiger partial charge in [-0.3, -0.25) is 9.69 Å². The molecule has 3 fully saturated rings. The van der Waals surface area contributed by atoms with Crippen molar-refractivity contribution in [2.24, 2.45) is 11.8 Å². The van der Waals surface area contributed by atoms with Crippen LogP contribution in [-0.2, 0) is 15.1 Å². The lowest BCUT2D eigenvalue weighted by Gasteiger charge is -2.41. The van der Waals surface area contributed by atoms with Gasteiger partial charge in [-0.2, -0.15) is 0 Å². The van der Waals surface area contributed by atoms with E-state index < -0.39 is 11.7 Å². The molecule has 0 unspecified atom stereocenters. The molecule has 2 heterocycles. The lowest BCUT2D eigenvalue weighted by atomic mass is 9.67. The molecule has 1 aromatic carbocycles. The van der Waals surface area contributed by atoms with Crippen molar-refractivity contribution in [1.29, 1.82) is 0 Å². The van der Waals surface area contributed by atoms with E-state index in [0.29, 0.717) is 32.2 Å². The van der Waals surface area contributed by atoms with Crippen molar-refractivity contribution in [2.75, 3.05) is 32.8 Å². The summed E-state index contributed by atoms with van der Waals surface area (Å²) in [4.78, 5) is 27.5. The third kappa shape index (κ3) is 2.88. The average Bonchev–Trinajstić information content (AvgIpc) is 3.23. The van der Waals surface area contributed by atoms with Crippen molar-refractivity contribution in [3.8, 4) is 0 Å². The molecule has 0 bridgehead atoms. The topological polar surface area (TPSA) is 70.1 Å². The molecule has 0 aromatic heterocycles.